The largest absolute Gasteiger partial charge is 0.386 e. The Morgan fingerprint density at radius 1 is 1.71 bits per heavy atom. The van der Waals surface area contributed by atoms with Crippen molar-refractivity contribution in [2.45, 2.75) is 24.0 Å². The average molecular weight is 206 g/mol. The van der Waals surface area contributed by atoms with Crippen molar-refractivity contribution >= 4 is 0 Å². The summed E-state index contributed by atoms with van der Waals surface area (Å²) < 4.78 is 10.0. The molecule has 1 fully saturated rings. The zero-order valence-electron chi connectivity index (χ0n) is 8.43. The minimum Gasteiger partial charge on any atom is -0.386 e. The molecular weight excluding hydrogens is 188 g/mol. The van der Waals surface area contributed by atoms with Gasteiger partial charge in [0.05, 0.1) is 12.6 Å². The van der Waals surface area contributed by atoms with Gasteiger partial charge < -0.3 is 30.7 Å². The molecular formula is C8H18N2O4. The van der Waals surface area contributed by atoms with Crippen LogP contribution in [0.4, 0.5) is 0 Å². The number of nitrogens with two attached hydrogens (primary N) is 1. The zero-order chi connectivity index (χ0) is 10.8. The predicted molar refractivity (Wildman–Crippen MR) is 49.6 cm³/mol. The molecule has 1 aliphatic rings. The first kappa shape index (κ1) is 11.8. The highest BCUT2D eigenvalue weighted by Gasteiger charge is 2.47. The van der Waals surface area contributed by atoms with E-state index in [9.17, 15) is 10.2 Å². The third kappa shape index (κ3) is 1.90. The van der Waals surface area contributed by atoms with Crippen molar-refractivity contribution in [1.82, 2.24) is 5.32 Å². The molecule has 0 unspecified atom stereocenters. The van der Waals surface area contributed by atoms with Crippen LogP contribution >= 0.6 is 0 Å². The van der Waals surface area contributed by atoms with Crippen molar-refractivity contribution < 1.29 is 19.7 Å². The van der Waals surface area contributed by atoms with E-state index < -0.39 is 24.0 Å². The quantitative estimate of drug-likeness (QED) is 0.412. The van der Waals surface area contributed by atoms with Crippen LogP contribution < -0.4 is 11.1 Å². The van der Waals surface area contributed by atoms with Crippen molar-refractivity contribution in [1.29, 1.82) is 0 Å². The predicted octanol–water partition coefficient (Wildman–Crippen LogP) is -2.37. The fraction of sp³-hybridized carbons (Fsp3) is 1.00. The van der Waals surface area contributed by atoms with E-state index in [1.807, 2.05) is 0 Å². The Balaban J connectivity index is 2.77. The van der Waals surface area contributed by atoms with Crippen molar-refractivity contribution in [2.24, 2.45) is 5.73 Å². The van der Waals surface area contributed by atoms with Crippen LogP contribution in [0, 0.1) is 0 Å². The maximum absolute atomic E-state index is 10.00. The van der Waals surface area contributed by atoms with Gasteiger partial charge in [0, 0.05) is 13.7 Å². The average Bonchev–Trinajstić information content (AvgIpc) is 2.19. The standard InChI is InChI=1S/C8H18N2O4/c1-10-6-5(11)7(13-2)14-4-8(6,12)3-9/h5-7,10-12H,3-4,9H2,1-2H3/t5-,6-,7+,8+/m1/s1. The summed E-state index contributed by atoms with van der Waals surface area (Å²) in [6, 6.07) is -0.550. The van der Waals surface area contributed by atoms with Crippen LogP contribution in [0.3, 0.4) is 0 Å². The Labute approximate surface area is 83.0 Å². The number of likely N-dealkylation sites (N-methyl/N-ethyl adjacent to an activating group) is 1. The van der Waals surface area contributed by atoms with E-state index in [0.717, 1.165) is 0 Å². The van der Waals surface area contributed by atoms with Gasteiger partial charge in [-0.05, 0) is 7.05 Å². The van der Waals surface area contributed by atoms with Crippen LogP contribution in [0.15, 0.2) is 0 Å². The molecule has 0 spiro atoms. The molecule has 0 radical (unpaired) electrons. The third-order valence-electron chi connectivity index (χ3n) is 2.59. The maximum atomic E-state index is 10.00. The molecule has 5 N–H and O–H groups in total. The molecule has 0 aromatic heterocycles. The fourth-order valence-electron chi connectivity index (χ4n) is 1.72. The van der Waals surface area contributed by atoms with E-state index in [4.69, 9.17) is 15.2 Å². The number of hydrogen-bond acceptors (Lipinski definition) is 6. The number of aliphatic hydroxyl groups is 2. The smallest absolute Gasteiger partial charge is 0.184 e. The number of ether oxygens (including phenoxy) is 2. The molecule has 4 atom stereocenters. The monoisotopic (exact) mass is 206 g/mol. The van der Waals surface area contributed by atoms with Gasteiger partial charge >= 0.3 is 0 Å². The molecule has 1 aliphatic heterocycles. The maximum Gasteiger partial charge on any atom is 0.184 e. The van der Waals surface area contributed by atoms with Crippen LogP contribution in [0.5, 0.6) is 0 Å². The van der Waals surface area contributed by atoms with Gasteiger partial charge in [-0.25, -0.2) is 0 Å². The molecule has 0 amide bonds. The molecule has 1 heterocycles. The second kappa shape index (κ2) is 4.52. The van der Waals surface area contributed by atoms with Gasteiger partial charge in [0.2, 0.25) is 0 Å². The van der Waals surface area contributed by atoms with Crippen molar-refractivity contribution in [3.63, 3.8) is 0 Å². The van der Waals surface area contributed by atoms with Gasteiger partial charge in [0.15, 0.2) is 6.29 Å². The third-order valence-corrected chi connectivity index (χ3v) is 2.59. The Hall–Kier alpha value is -0.240. The van der Waals surface area contributed by atoms with E-state index in [0.29, 0.717) is 0 Å². The summed E-state index contributed by atoms with van der Waals surface area (Å²) in [4.78, 5) is 0. The molecule has 1 saturated heterocycles. The van der Waals surface area contributed by atoms with E-state index in [-0.39, 0.29) is 13.2 Å². The number of rotatable bonds is 3. The molecule has 0 bridgehead atoms. The summed E-state index contributed by atoms with van der Waals surface area (Å²) >= 11 is 0. The fourth-order valence-corrected chi connectivity index (χ4v) is 1.72. The molecule has 0 aromatic carbocycles. The molecule has 6 heteroatoms. The first-order valence-electron chi connectivity index (χ1n) is 4.51. The lowest BCUT2D eigenvalue weighted by Gasteiger charge is -2.44. The van der Waals surface area contributed by atoms with Crippen molar-refractivity contribution in [3.8, 4) is 0 Å². The minimum atomic E-state index is -1.25. The lowest BCUT2D eigenvalue weighted by molar-refractivity contribution is -0.260. The van der Waals surface area contributed by atoms with Gasteiger partial charge in [-0.1, -0.05) is 0 Å². The van der Waals surface area contributed by atoms with Gasteiger partial charge in [-0.15, -0.1) is 0 Å². The van der Waals surface area contributed by atoms with E-state index >= 15 is 0 Å². The summed E-state index contributed by atoms with van der Waals surface area (Å²) in [5.74, 6) is 0. The van der Waals surface area contributed by atoms with E-state index in [2.05, 4.69) is 5.32 Å². The number of hydrogen-bond donors (Lipinski definition) is 4. The van der Waals surface area contributed by atoms with E-state index in [1.165, 1.54) is 7.11 Å². The highest BCUT2D eigenvalue weighted by Crippen LogP contribution is 2.23. The highest BCUT2D eigenvalue weighted by atomic mass is 16.7. The zero-order valence-corrected chi connectivity index (χ0v) is 8.43. The SMILES string of the molecule is CN[C@@H]1[C@@H](O)[C@@H](OC)OC[C@@]1(O)CN. The van der Waals surface area contributed by atoms with Gasteiger partial charge in [0.1, 0.15) is 11.7 Å². The Morgan fingerprint density at radius 2 is 2.36 bits per heavy atom. The Bertz CT molecular complexity index is 192. The first-order chi connectivity index (χ1) is 6.59. The van der Waals surface area contributed by atoms with Crippen molar-refractivity contribution in [2.75, 3.05) is 27.3 Å². The Morgan fingerprint density at radius 3 is 2.79 bits per heavy atom. The van der Waals surface area contributed by atoms with Gasteiger partial charge in [0.25, 0.3) is 0 Å². The summed E-state index contributed by atoms with van der Waals surface area (Å²) in [7, 11) is 3.08. The summed E-state index contributed by atoms with van der Waals surface area (Å²) in [6.45, 7) is 0.0660. The van der Waals surface area contributed by atoms with Crippen LogP contribution in [0.1, 0.15) is 0 Å². The summed E-state index contributed by atoms with van der Waals surface area (Å²) in [6.07, 6.45) is -1.66. The first-order valence-corrected chi connectivity index (χ1v) is 4.51. The molecule has 84 valence electrons. The number of aliphatic hydroxyl groups excluding tert-OH is 1. The summed E-state index contributed by atoms with van der Waals surface area (Å²) in [5, 5.41) is 22.6. The Kier molecular flexibility index (Phi) is 3.82. The highest BCUT2D eigenvalue weighted by molar-refractivity contribution is 5.00. The van der Waals surface area contributed by atoms with Crippen LogP contribution in [0.2, 0.25) is 0 Å². The lowest BCUT2D eigenvalue weighted by atomic mass is 9.88. The van der Waals surface area contributed by atoms with Crippen LogP contribution in [0.25, 0.3) is 0 Å². The second-order valence-electron chi connectivity index (χ2n) is 3.48. The van der Waals surface area contributed by atoms with Gasteiger partial charge in [-0.2, -0.15) is 0 Å². The van der Waals surface area contributed by atoms with Gasteiger partial charge in [-0.3, -0.25) is 0 Å². The number of nitrogens with one attached hydrogen (secondary N) is 1. The second-order valence-corrected chi connectivity index (χ2v) is 3.48. The molecule has 6 nitrogen and oxygen atoms in total. The lowest BCUT2D eigenvalue weighted by Crippen LogP contribution is -2.68. The van der Waals surface area contributed by atoms with Crippen LogP contribution in [-0.2, 0) is 9.47 Å². The molecule has 0 aliphatic carbocycles. The minimum absolute atomic E-state index is 0.0198. The van der Waals surface area contributed by atoms with Crippen LogP contribution in [-0.4, -0.2) is 61.6 Å². The molecule has 1 rings (SSSR count). The normalized spacial score (nSPS) is 43.9. The topological polar surface area (TPSA) is 97.0 Å². The molecule has 14 heavy (non-hydrogen) atoms. The molecule has 0 saturated carbocycles. The summed E-state index contributed by atoms with van der Waals surface area (Å²) in [5.41, 5.74) is 4.18. The number of methoxy groups -OCH3 is 1. The molecule has 0 aromatic rings. The van der Waals surface area contributed by atoms with E-state index in [1.54, 1.807) is 7.05 Å². The van der Waals surface area contributed by atoms with Crippen molar-refractivity contribution in [3.05, 3.63) is 0 Å².